The van der Waals surface area contributed by atoms with E-state index in [1.807, 2.05) is 0 Å². The number of benzene rings is 1. The topological polar surface area (TPSA) is 0 Å². The smallest absolute Gasteiger partial charge is 0.0548 e. The fourth-order valence-corrected chi connectivity index (χ4v) is 1.76. The molecule has 0 nitrogen and oxygen atoms in total. The van der Waals surface area contributed by atoms with Gasteiger partial charge in [0, 0.05) is 5.75 Å². The third-order valence-corrected chi connectivity index (χ3v) is 2.93. The number of terminal acetylenes is 1. The van der Waals surface area contributed by atoms with E-state index < -0.39 is 0 Å². The lowest BCUT2D eigenvalue weighted by Crippen LogP contribution is -1.86. The number of aryl methyl sites for hydroxylation is 2. The van der Waals surface area contributed by atoms with Crippen molar-refractivity contribution in [3.63, 3.8) is 0 Å². The fraction of sp³-hybridized carbons (Fsp3) is 0.333. The summed E-state index contributed by atoms with van der Waals surface area (Å²) in [6, 6.07) is 6.58. The Morgan fingerprint density at radius 3 is 2.69 bits per heavy atom. The van der Waals surface area contributed by atoms with E-state index in [9.17, 15) is 0 Å². The van der Waals surface area contributed by atoms with Gasteiger partial charge in [-0.3, -0.25) is 0 Å². The minimum Gasteiger partial charge on any atom is -0.144 e. The Morgan fingerprint density at radius 2 is 2.08 bits per heavy atom. The molecular weight excluding hydrogens is 176 g/mol. The van der Waals surface area contributed by atoms with Crippen LogP contribution in [0.5, 0.6) is 0 Å². The molecule has 0 amide bonds. The molecule has 0 radical (unpaired) electrons. The van der Waals surface area contributed by atoms with Crippen molar-refractivity contribution in [3.05, 3.63) is 34.9 Å². The highest BCUT2D eigenvalue weighted by atomic mass is 32.2. The fourth-order valence-electron chi connectivity index (χ4n) is 1.12. The summed E-state index contributed by atoms with van der Waals surface area (Å²) in [4.78, 5) is 0. The summed E-state index contributed by atoms with van der Waals surface area (Å²) in [6.45, 7) is 4.28. The molecule has 13 heavy (non-hydrogen) atoms. The summed E-state index contributed by atoms with van der Waals surface area (Å²) in [5.41, 5.74) is 4.08. The van der Waals surface area contributed by atoms with Crippen molar-refractivity contribution < 1.29 is 0 Å². The van der Waals surface area contributed by atoms with Crippen molar-refractivity contribution in [2.45, 2.75) is 19.6 Å². The predicted molar refractivity (Wildman–Crippen MR) is 60.9 cm³/mol. The Kier molecular flexibility index (Phi) is 3.92. The first-order valence-electron chi connectivity index (χ1n) is 4.31. The van der Waals surface area contributed by atoms with Gasteiger partial charge in [0.2, 0.25) is 0 Å². The Morgan fingerprint density at radius 1 is 1.31 bits per heavy atom. The molecule has 0 saturated heterocycles. The number of thioether (sulfide) groups is 1. The van der Waals surface area contributed by atoms with Crippen LogP contribution in [0.4, 0.5) is 0 Å². The van der Waals surface area contributed by atoms with Gasteiger partial charge in [-0.05, 0) is 30.5 Å². The molecule has 0 aromatic heterocycles. The third-order valence-electron chi connectivity index (χ3n) is 2.03. The SMILES string of the molecule is C#CCSCc1ccc(C)c(C)c1. The summed E-state index contributed by atoms with van der Waals surface area (Å²) in [6.07, 6.45) is 5.18. The number of hydrogen-bond acceptors (Lipinski definition) is 1. The first-order valence-corrected chi connectivity index (χ1v) is 5.47. The van der Waals surface area contributed by atoms with E-state index >= 15 is 0 Å². The number of rotatable bonds is 3. The van der Waals surface area contributed by atoms with Gasteiger partial charge in [-0.1, -0.05) is 24.1 Å². The van der Waals surface area contributed by atoms with Crippen molar-refractivity contribution in [2.75, 3.05) is 5.75 Å². The second kappa shape index (κ2) is 4.99. The molecule has 0 aliphatic heterocycles. The molecule has 0 bridgehead atoms. The maximum absolute atomic E-state index is 5.18. The number of hydrogen-bond donors (Lipinski definition) is 0. The van der Waals surface area contributed by atoms with Crippen LogP contribution < -0.4 is 0 Å². The van der Waals surface area contributed by atoms with Crippen LogP contribution in [0, 0.1) is 26.2 Å². The lowest BCUT2D eigenvalue weighted by atomic mass is 10.1. The van der Waals surface area contributed by atoms with Gasteiger partial charge in [0.05, 0.1) is 5.75 Å². The highest BCUT2D eigenvalue weighted by Gasteiger charge is 1.95. The molecule has 0 unspecified atom stereocenters. The van der Waals surface area contributed by atoms with Crippen LogP contribution in [0.1, 0.15) is 16.7 Å². The molecule has 0 fully saturated rings. The molecule has 68 valence electrons. The second-order valence-corrected chi connectivity index (χ2v) is 4.10. The van der Waals surface area contributed by atoms with Gasteiger partial charge in [0.25, 0.3) is 0 Å². The molecule has 1 rings (SSSR count). The molecular formula is C12H14S. The van der Waals surface area contributed by atoms with Crippen LogP contribution >= 0.6 is 11.8 Å². The third kappa shape index (κ3) is 3.16. The van der Waals surface area contributed by atoms with Gasteiger partial charge in [-0.2, -0.15) is 0 Å². The summed E-state index contributed by atoms with van der Waals surface area (Å²) in [5.74, 6) is 4.44. The monoisotopic (exact) mass is 190 g/mol. The lowest BCUT2D eigenvalue weighted by molar-refractivity contribution is 1.28. The first kappa shape index (κ1) is 10.2. The Hall–Kier alpha value is -0.870. The summed E-state index contributed by atoms with van der Waals surface area (Å²) < 4.78 is 0. The Labute approximate surface area is 84.7 Å². The van der Waals surface area contributed by atoms with E-state index in [0.29, 0.717) is 0 Å². The van der Waals surface area contributed by atoms with Crippen molar-refractivity contribution >= 4 is 11.8 Å². The average Bonchev–Trinajstić information content (AvgIpc) is 2.12. The van der Waals surface area contributed by atoms with Crippen LogP contribution in [0.3, 0.4) is 0 Å². The minimum atomic E-state index is 0.799. The largest absolute Gasteiger partial charge is 0.144 e. The molecule has 1 aromatic rings. The van der Waals surface area contributed by atoms with Gasteiger partial charge >= 0.3 is 0 Å². The lowest BCUT2D eigenvalue weighted by Gasteiger charge is -2.03. The molecule has 0 aliphatic carbocycles. The van der Waals surface area contributed by atoms with Gasteiger partial charge in [0.1, 0.15) is 0 Å². The summed E-state index contributed by atoms with van der Waals surface area (Å²) in [7, 11) is 0. The van der Waals surface area contributed by atoms with E-state index in [4.69, 9.17) is 6.42 Å². The van der Waals surface area contributed by atoms with E-state index in [2.05, 4.69) is 38.0 Å². The van der Waals surface area contributed by atoms with E-state index in [0.717, 1.165) is 11.5 Å². The Bertz CT molecular complexity index is 320. The molecule has 0 heterocycles. The van der Waals surface area contributed by atoms with E-state index in [1.165, 1.54) is 16.7 Å². The van der Waals surface area contributed by atoms with Gasteiger partial charge in [0.15, 0.2) is 0 Å². The van der Waals surface area contributed by atoms with Crippen LogP contribution in [0.2, 0.25) is 0 Å². The van der Waals surface area contributed by atoms with Gasteiger partial charge < -0.3 is 0 Å². The summed E-state index contributed by atoms with van der Waals surface area (Å²) in [5, 5.41) is 0. The Balaban J connectivity index is 2.59. The average molecular weight is 190 g/mol. The van der Waals surface area contributed by atoms with Crippen LogP contribution in [0.15, 0.2) is 18.2 Å². The molecule has 0 atom stereocenters. The zero-order valence-corrected chi connectivity index (χ0v) is 8.95. The predicted octanol–water partition coefficient (Wildman–Crippen LogP) is 3.17. The first-order chi connectivity index (χ1) is 6.24. The van der Waals surface area contributed by atoms with Crippen LogP contribution in [0.25, 0.3) is 0 Å². The zero-order chi connectivity index (χ0) is 9.68. The second-order valence-electron chi connectivity index (χ2n) is 3.12. The molecule has 1 aromatic carbocycles. The molecule has 0 N–H and O–H groups in total. The van der Waals surface area contributed by atoms with Gasteiger partial charge in [-0.15, -0.1) is 18.2 Å². The normalized spacial score (nSPS) is 9.62. The molecule has 1 heteroatoms. The van der Waals surface area contributed by atoms with Crippen molar-refractivity contribution in [3.8, 4) is 12.3 Å². The highest BCUT2D eigenvalue weighted by Crippen LogP contribution is 2.15. The van der Waals surface area contributed by atoms with Gasteiger partial charge in [-0.25, -0.2) is 0 Å². The van der Waals surface area contributed by atoms with Crippen molar-refractivity contribution in [2.24, 2.45) is 0 Å². The van der Waals surface area contributed by atoms with E-state index in [1.54, 1.807) is 11.8 Å². The molecule has 0 saturated carbocycles. The molecule has 0 spiro atoms. The summed E-state index contributed by atoms with van der Waals surface area (Å²) >= 11 is 1.78. The van der Waals surface area contributed by atoms with E-state index in [-0.39, 0.29) is 0 Å². The quantitative estimate of drug-likeness (QED) is 0.521. The van der Waals surface area contributed by atoms with Crippen molar-refractivity contribution in [1.29, 1.82) is 0 Å². The molecule has 0 aliphatic rings. The van der Waals surface area contributed by atoms with Crippen LogP contribution in [-0.4, -0.2) is 5.75 Å². The van der Waals surface area contributed by atoms with Crippen molar-refractivity contribution in [1.82, 2.24) is 0 Å². The maximum Gasteiger partial charge on any atom is 0.0548 e. The zero-order valence-electron chi connectivity index (χ0n) is 8.13. The minimum absolute atomic E-state index is 0.799. The van der Waals surface area contributed by atoms with Crippen LogP contribution in [-0.2, 0) is 5.75 Å². The highest BCUT2D eigenvalue weighted by molar-refractivity contribution is 7.98. The standard InChI is InChI=1S/C12H14S/c1-4-7-13-9-12-6-5-10(2)11(3)8-12/h1,5-6,8H,7,9H2,2-3H3. The maximum atomic E-state index is 5.18.